The van der Waals surface area contributed by atoms with Gasteiger partial charge in [0.2, 0.25) is 0 Å². The standard InChI is InChI=1S/C24H22ClN/c1-2-3-12-23-24(18-14-16-19(25)17-15-18)21-11-7-8-13-22(21)26(23)20-9-5-4-6-10-20/h4-11,13-17H,2-3,12H2,1H3. The second-order valence-corrected chi connectivity index (χ2v) is 7.06. The normalized spacial score (nSPS) is 11.2. The first-order valence-electron chi connectivity index (χ1n) is 9.23. The molecule has 0 fully saturated rings. The largest absolute Gasteiger partial charge is 0.313 e. The number of aromatic nitrogens is 1. The molecule has 0 unspecified atom stereocenters. The molecular weight excluding hydrogens is 338 g/mol. The zero-order valence-electron chi connectivity index (χ0n) is 15.0. The molecule has 130 valence electrons. The molecule has 1 heterocycles. The summed E-state index contributed by atoms with van der Waals surface area (Å²) in [6.45, 7) is 2.25. The van der Waals surface area contributed by atoms with Gasteiger partial charge < -0.3 is 4.57 Å². The number of para-hydroxylation sites is 2. The molecule has 2 heteroatoms. The van der Waals surface area contributed by atoms with Crippen LogP contribution in [0.5, 0.6) is 0 Å². The van der Waals surface area contributed by atoms with E-state index in [1.807, 2.05) is 12.1 Å². The average Bonchev–Trinajstić information content (AvgIpc) is 3.02. The van der Waals surface area contributed by atoms with Crippen molar-refractivity contribution in [1.82, 2.24) is 4.57 Å². The predicted octanol–water partition coefficient (Wildman–Crippen LogP) is 7.29. The van der Waals surface area contributed by atoms with Crippen molar-refractivity contribution in [2.24, 2.45) is 0 Å². The van der Waals surface area contributed by atoms with Gasteiger partial charge in [0, 0.05) is 27.4 Å². The van der Waals surface area contributed by atoms with E-state index in [-0.39, 0.29) is 0 Å². The van der Waals surface area contributed by atoms with Crippen molar-refractivity contribution in [3.05, 3.63) is 89.6 Å². The molecule has 0 aliphatic carbocycles. The Balaban J connectivity index is 2.05. The molecule has 0 atom stereocenters. The summed E-state index contributed by atoms with van der Waals surface area (Å²) in [7, 11) is 0. The van der Waals surface area contributed by atoms with Gasteiger partial charge in [-0.1, -0.05) is 73.5 Å². The maximum atomic E-state index is 6.14. The lowest BCUT2D eigenvalue weighted by atomic mass is 9.99. The van der Waals surface area contributed by atoms with Crippen molar-refractivity contribution in [2.45, 2.75) is 26.2 Å². The van der Waals surface area contributed by atoms with E-state index in [9.17, 15) is 0 Å². The quantitative estimate of drug-likeness (QED) is 0.352. The lowest BCUT2D eigenvalue weighted by molar-refractivity contribution is 0.766. The van der Waals surface area contributed by atoms with Crippen molar-refractivity contribution in [3.63, 3.8) is 0 Å². The predicted molar refractivity (Wildman–Crippen MR) is 112 cm³/mol. The molecular formula is C24H22ClN. The van der Waals surface area contributed by atoms with E-state index in [1.54, 1.807) is 0 Å². The zero-order chi connectivity index (χ0) is 17.9. The molecule has 4 rings (SSSR count). The van der Waals surface area contributed by atoms with E-state index in [1.165, 1.54) is 46.3 Å². The maximum Gasteiger partial charge on any atom is 0.0537 e. The second kappa shape index (κ2) is 7.39. The molecule has 0 saturated carbocycles. The molecule has 0 amide bonds. The zero-order valence-corrected chi connectivity index (χ0v) is 15.7. The highest BCUT2D eigenvalue weighted by Crippen LogP contribution is 2.38. The molecule has 0 aliphatic rings. The Hall–Kier alpha value is -2.51. The summed E-state index contributed by atoms with van der Waals surface area (Å²) in [5.74, 6) is 0. The van der Waals surface area contributed by atoms with E-state index in [4.69, 9.17) is 11.6 Å². The van der Waals surface area contributed by atoms with Crippen LogP contribution in [0.2, 0.25) is 5.02 Å². The van der Waals surface area contributed by atoms with E-state index < -0.39 is 0 Å². The fourth-order valence-corrected chi connectivity index (χ4v) is 3.81. The summed E-state index contributed by atoms with van der Waals surface area (Å²) in [6.07, 6.45) is 3.40. The highest BCUT2D eigenvalue weighted by Gasteiger charge is 2.18. The highest BCUT2D eigenvalue weighted by atomic mass is 35.5. The van der Waals surface area contributed by atoms with E-state index in [0.29, 0.717) is 0 Å². The Labute approximate surface area is 159 Å². The molecule has 0 aliphatic heterocycles. The van der Waals surface area contributed by atoms with Gasteiger partial charge in [-0.15, -0.1) is 0 Å². The van der Waals surface area contributed by atoms with Crippen molar-refractivity contribution >= 4 is 22.5 Å². The van der Waals surface area contributed by atoms with E-state index in [2.05, 4.69) is 78.2 Å². The Morgan fingerprint density at radius 2 is 1.50 bits per heavy atom. The molecule has 4 aromatic rings. The lowest BCUT2D eigenvalue weighted by Gasteiger charge is -2.12. The van der Waals surface area contributed by atoms with Crippen LogP contribution in [-0.2, 0) is 6.42 Å². The summed E-state index contributed by atoms with van der Waals surface area (Å²) >= 11 is 6.14. The molecule has 1 aromatic heterocycles. The first-order chi connectivity index (χ1) is 12.8. The fourth-order valence-electron chi connectivity index (χ4n) is 3.68. The Bertz CT molecular complexity index is 1010. The number of hydrogen-bond donors (Lipinski definition) is 0. The molecule has 3 aromatic carbocycles. The lowest BCUT2D eigenvalue weighted by Crippen LogP contribution is -2.01. The maximum absolute atomic E-state index is 6.14. The van der Waals surface area contributed by atoms with Gasteiger partial charge >= 0.3 is 0 Å². The van der Waals surface area contributed by atoms with Crippen LogP contribution in [0.15, 0.2) is 78.9 Å². The van der Waals surface area contributed by atoms with Crippen LogP contribution in [0.3, 0.4) is 0 Å². The van der Waals surface area contributed by atoms with E-state index >= 15 is 0 Å². The van der Waals surface area contributed by atoms with Gasteiger partial charge in [-0.3, -0.25) is 0 Å². The Morgan fingerprint density at radius 3 is 2.23 bits per heavy atom. The smallest absolute Gasteiger partial charge is 0.0537 e. The number of nitrogens with zero attached hydrogens (tertiary/aromatic N) is 1. The van der Waals surface area contributed by atoms with Crippen LogP contribution in [0, 0.1) is 0 Å². The second-order valence-electron chi connectivity index (χ2n) is 6.62. The minimum Gasteiger partial charge on any atom is -0.313 e. The van der Waals surface area contributed by atoms with Crippen molar-refractivity contribution in [3.8, 4) is 16.8 Å². The first-order valence-corrected chi connectivity index (χ1v) is 9.61. The monoisotopic (exact) mass is 359 g/mol. The van der Waals surface area contributed by atoms with Gasteiger partial charge in [0.15, 0.2) is 0 Å². The van der Waals surface area contributed by atoms with Crippen LogP contribution in [0.4, 0.5) is 0 Å². The van der Waals surface area contributed by atoms with Gasteiger partial charge in [0.1, 0.15) is 0 Å². The summed E-state index contributed by atoms with van der Waals surface area (Å²) in [5.41, 5.74) is 6.41. The molecule has 0 bridgehead atoms. The molecule has 0 N–H and O–H groups in total. The van der Waals surface area contributed by atoms with Crippen LogP contribution < -0.4 is 0 Å². The summed E-state index contributed by atoms with van der Waals surface area (Å²) in [4.78, 5) is 0. The van der Waals surface area contributed by atoms with Crippen LogP contribution in [0.25, 0.3) is 27.7 Å². The third-order valence-corrected chi connectivity index (χ3v) is 5.14. The summed E-state index contributed by atoms with van der Waals surface area (Å²) < 4.78 is 2.43. The number of benzene rings is 3. The molecule has 0 saturated heterocycles. The van der Waals surface area contributed by atoms with Gasteiger partial charge in [0.05, 0.1) is 5.52 Å². The fraction of sp³-hybridized carbons (Fsp3) is 0.167. The highest BCUT2D eigenvalue weighted by molar-refractivity contribution is 6.30. The van der Waals surface area contributed by atoms with Crippen molar-refractivity contribution in [2.75, 3.05) is 0 Å². The third-order valence-electron chi connectivity index (χ3n) is 4.89. The van der Waals surface area contributed by atoms with Crippen molar-refractivity contribution in [1.29, 1.82) is 0 Å². The number of halogens is 1. The van der Waals surface area contributed by atoms with Crippen LogP contribution in [0.1, 0.15) is 25.5 Å². The number of unbranched alkanes of at least 4 members (excludes halogenated alkanes) is 1. The van der Waals surface area contributed by atoms with Gasteiger partial charge in [-0.2, -0.15) is 0 Å². The third kappa shape index (κ3) is 3.04. The Kier molecular flexibility index (Phi) is 4.81. The topological polar surface area (TPSA) is 4.93 Å². The average molecular weight is 360 g/mol. The van der Waals surface area contributed by atoms with Gasteiger partial charge in [0.25, 0.3) is 0 Å². The summed E-state index contributed by atoms with van der Waals surface area (Å²) in [6, 6.07) is 27.6. The van der Waals surface area contributed by atoms with Crippen LogP contribution in [-0.4, -0.2) is 4.57 Å². The van der Waals surface area contributed by atoms with Crippen LogP contribution >= 0.6 is 11.6 Å². The minimum absolute atomic E-state index is 0.774. The van der Waals surface area contributed by atoms with Crippen molar-refractivity contribution < 1.29 is 0 Å². The molecule has 0 radical (unpaired) electrons. The molecule has 26 heavy (non-hydrogen) atoms. The SMILES string of the molecule is CCCCc1c(-c2ccc(Cl)cc2)c2ccccc2n1-c1ccccc1. The first kappa shape index (κ1) is 16.9. The Morgan fingerprint density at radius 1 is 0.808 bits per heavy atom. The van der Waals surface area contributed by atoms with E-state index in [0.717, 1.165) is 11.4 Å². The number of fused-ring (bicyclic) bond motifs is 1. The molecule has 1 nitrogen and oxygen atoms in total. The molecule has 0 spiro atoms. The van der Waals surface area contributed by atoms with Gasteiger partial charge in [-0.25, -0.2) is 0 Å². The number of rotatable bonds is 5. The minimum atomic E-state index is 0.774. The van der Waals surface area contributed by atoms with Gasteiger partial charge in [-0.05, 0) is 48.7 Å². The number of hydrogen-bond acceptors (Lipinski definition) is 0. The summed E-state index contributed by atoms with van der Waals surface area (Å²) in [5, 5.41) is 2.07.